The van der Waals surface area contributed by atoms with Gasteiger partial charge in [0.15, 0.2) is 5.76 Å². The van der Waals surface area contributed by atoms with Gasteiger partial charge in [-0.15, -0.1) is 0 Å². The fourth-order valence-electron chi connectivity index (χ4n) is 2.41. The Hall–Kier alpha value is -2.34. The predicted octanol–water partition coefficient (Wildman–Crippen LogP) is 2.89. The van der Waals surface area contributed by atoms with Gasteiger partial charge in [0.25, 0.3) is 5.91 Å². The lowest BCUT2D eigenvalue weighted by molar-refractivity contribution is 0.0761. The zero-order chi connectivity index (χ0) is 17.0. The fraction of sp³-hybridized carbons (Fsp3) is 0.412. The summed E-state index contributed by atoms with van der Waals surface area (Å²) in [6, 6.07) is 7.19. The van der Waals surface area contributed by atoms with Gasteiger partial charge in [-0.05, 0) is 45.0 Å². The van der Waals surface area contributed by atoms with E-state index in [-0.39, 0.29) is 11.7 Å². The number of hydrogen-bond acceptors (Lipinski definition) is 5. The molecule has 1 amide bonds. The van der Waals surface area contributed by atoms with Gasteiger partial charge in [-0.2, -0.15) is 0 Å². The van der Waals surface area contributed by atoms with Crippen molar-refractivity contribution in [1.82, 2.24) is 10.1 Å². The van der Waals surface area contributed by atoms with Crippen LogP contribution in [0.2, 0.25) is 0 Å². The lowest BCUT2D eigenvalue weighted by atomic mass is 10.0. The van der Waals surface area contributed by atoms with E-state index in [0.29, 0.717) is 30.1 Å². The molecule has 0 saturated heterocycles. The number of carbonyl (C=O) groups is 1. The summed E-state index contributed by atoms with van der Waals surface area (Å²) in [4.78, 5) is 14.5. The molecular formula is C17H22N2O4. The second-order valence-electron chi connectivity index (χ2n) is 5.15. The number of ether oxygens (including phenoxy) is 1. The molecule has 1 aromatic heterocycles. The van der Waals surface area contributed by atoms with E-state index < -0.39 is 6.10 Å². The maximum atomic E-state index is 12.8. The molecular weight excluding hydrogens is 296 g/mol. The Bertz CT molecular complexity index is 658. The quantitative estimate of drug-likeness (QED) is 0.886. The largest absolute Gasteiger partial charge is 0.497 e. The van der Waals surface area contributed by atoms with Crippen molar-refractivity contribution < 1.29 is 19.2 Å². The highest BCUT2D eigenvalue weighted by atomic mass is 16.5. The molecule has 0 fully saturated rings. The van der Waals surface area contributed by atoms with Crippen LogP contribution in [0.3, 0.4) is 0 Å². The summed E-state index contributed by atoms with van der Waals surface area (Å²) in [5.41, 5.74) is 1.48. The molecule has 2 aromatic rings. The molecule has 2 rings (SSSR count). The van der Waals surface area contributed by atoms with Gasteiger partial charge < -0.3 is 19.3 Å². The monoisotopic (exact) mass is 318 g/mol. The Balaban J connectivity index is 2.53. The number of rotatable bonds is 6. The number of aromatic nitrogens is 1. The van der Waals surface area contributed by atoms with E-state index in [9.17, 15) is 9.90 Å². The van der Waals surface area contributed by atoms with Gasteiger partial charge in [0.1, 0.15) is 23.1 Å². The number of aliphatic hydroxyl groups excluding tert-OH is 1. The molecule has 0 aliphatic carbocycles. The molecule has 1 N–H and O–H groups in total. The molecule has 0 spiro atoms. The summed E-state index contributed by atoms with van der Waals surface area (Å²) in [5, 5.41) is 13.9. The van der Waals surface area contributed by atoms with E-state index in [1.807, 2.05) is 26.0 Å². The van der Waals surface area contributed by atoms with Gasteiger partial charge in [-0.3, -0.25) is 4.79 Å². The van der Waals surface area contributed by atoms with Crippen molar-refractivity contribution in [2.45, 2.75) is 26.9 Å². The third-order valence-corrected chi connectivity index (χ3v) is 3.73. The van der Waals surface area contributed by atoms with E-state index in [4.69, 9.17) is 9.26 Å². The van der Waals surface area contributed by atoms with E-state index >= 15 is 0 Å². The van der Waals surface area contributed by atoms with Gasteiger partial charge in [-0.25, -0.2) is 0 Å². The third kappa shape index (κ3) is 3.37. The third-order valence-electron chi connectivity index (χ3n) is 3.73. The maximum Gasteiger partial charge on any atom is 0.259 e. The summed E-state index contributed by atoms with van der Waals surface area (Å²) >= 11 is 0. The number of benzene rings is 1. The molecule has 1 aromatic carbocycles. The molecule has 124 valence electrons. The summed E-state index contributed by atoms with van der Waals surface area (Å²) in [5.74, 6) is 0.704. The molecule has 1 atom stereocenters. The second-order valence-corrected chi connectivity index (χ2v) is 5.15. The molecule has 0 aliphatic rings. The van der Waals surface area contributed by atoms with Crippen LogP contribution in [0.25, 0.3) is 11.3 Å². The molecule has 0 aliphatic heterocycles. The Labute approximate surface area is 135 Å². The zero-order valence-electron chi connectivity index (χ0n) is 13.9. The lowest BCUT2D eigenvalue weighted by Crippen LogP contribution is -2.31. The lowest BCUT2D eigenvalue weighted by Gasteiger charge is -2.19. The van der Waals surface area contributed by atoms with Crippen molar-refractivity contribution in [3.05, 3.63) is 35.6 Å². The Morgan fingerprint density at radius 1 is 1.30 bits per heavy atom. The van der Waals surface area contributed by atoms with Gasteiger partial charge in [-0.1, -0.05) is 5.16 Å². The Kier molecular flexibility index (Phi) is 5.39. The fourth-order valence-corrected chi connectivity index (χ4v) is 2.41. The summed E-state index contributed by atoms with van der Waals surface area (Å²) in [7, 11) is 1.59. The van der Waals surface area contributed by atoms with E-state index in [1.165, 1.54) is 0 Å². The zero-order valence-corrected chi connectivity index (χ0v) is 13.9. The molecule has 1 heterocycles. The van der Waals surface area contributed by atoms with Crippen LogP contribution >= 0.6 is 0 Å². The number of methoxy groups -OCH3 is 1. The van der Waals surface area contributed by atoms with Gasteiger partial charge in [0.2, 0.25) is 0 Å². The molecule has 0 unspecified atom stereocenters. The van der Waals surface area contributed by atoms with Crippen LogP contribution in [-0.4, -0.2) is 41.3 Å². The van der Waals surface area contributed by atoms with Crippen molar-refractivity contribution in [3.8, 4) is 17.0 Å². The van der Waals surface area contributed by atoms with Crippen LogP contribution < -0.4 is 4.74 Å². The number of nitrogens with zero attached hydrogens (tertiary/aromatic N) is 2. The minimum absolute atomic E-state index is 0.188. The standard InChI is InChI=1S/C17H22N2O4/c1-5-19(6-2)17(21)14-15(18-23-16(14)11(3)20)12-7-9-13(22-4)10-8-12/h7-11,20H,5-6H2,1-4H3/t11-/m0/s1. The molecule has 23 heavy (non-hydrogen) atoms. The van der Waals surface area contributed by atoms with Gasteiger partial charge in [0, 0.05) is 18.7 Å². The molecule has 6 heteroatoms. The highest BCUT2D eigenvalue weighted by Gasteiger charge is 2.28. The topological polar surface area (TPSA) is 75.8 Å². The van der Waals surface area contributed by atoms with E-state index in [0.717, 1.165) is 5.56 Å². The molecule has 0 radical (unpaired) electrons. The van der Waals surface area contributed by atoms with Crippen LogP contribution in [-0.2, 0) is 0 Å². The summed E-state index contributed by atoms with van der Waals surface area (Å²) < 4.78 is 10.4. The first-order chi connectivity index (χ1) is 11.0. The van der Waals surface area contributed by atoms with Crippen molar-refractivity contribution in [2.75, 3.05) is 20.2 Å². The first-order valence-electron chi connectivity index (χ1n) is 7.64. The first-order valence-corrected chi connectivity index (χ1v) is 7.64. The van der Waals surface area contributed by atoms with Crippen molar-refractivity contribution in [2.24, 2.45) is 0 Å². The second kappa shape index (κ2) is 7.28. The van der Waals surface area contributed by atoms with E-state index in [2.05, 4.69) is 5.16 Å². The Morgan fingerprint density at radius 2 is 1.91 bits per heavy atom. The summed E-state index contributed by atoms with van der Waals surface area (Å²) in [6.07, 6.45) is -0.913. The summed E-state index contributed by atoms with van der Waals surface area (Å²) in [6.45, 7) is 6.51. The van der Waals surface area contributed by atoms with Crippen LogP contribution in [0, 0.1) is 0 Å². The number of hydrogen-bond donors (Lipinski definition) is 1. The predicted molar refractivity (Wildman–Crippen MR) is 86.4 cm³/mol. The maximum absolute atomic E-state index is 12.8. The van der Waals surface area contributed by atoms with E-state index in [1.54, 1.807) is 31.1 Å². The smallest absolute Gasteiger partial charge is 0.259 e. The highest BCUT2D eigenvalue weighted by Crippen LogP contribution is 2.31. The van der Waals surface area contributed by atoms with Crippen LogP contribution in [0.4, 0.5) is 0 Å². The molecule has 6 nitrogen and oxygen atoms in total. The Morgan fingerprint density at radius 3 is 2.39 bits per heavy atom. The van der Waals surface area contributed by atoms with Crippen LogP contribution in [0.5, 0.6) is 5.75 Å². The first kappa shape index (κ1) is 17.0. The highest BCUT2D eigenvalue weighted by molar-refractivity contribution is 6.01. The van der Waals surface area contributed by atoms with Gasteiger partial charge in [0.05, 0.1) is 7.11 Å². The average Bonchev–Trinajstić information content (AvgIpc) is 3.01. The minimum Gasteiger partial charge on any atom is -0.497 e. The number of aliphatic hydroxyl groups is 1. The SMILES string of the molecule is CCN(CC)C(=O)c1c(-c2ccc(OC)cc2)noc1[C@H](C)O. The number of amides is 1. The molecule has 0 saturated carbocycles. The van der Waals surface area contributed by atoms with Crippen LogP contribution in [0.15, 0.2) is 28.8 Å². The minimum atomic E-state index is -0.913. The normalized spacial score (nSPS) is 12.0. The van der Waals surface area contributed by atoms with Crippen molar-refractivity contribution in [1.29, 1.82) is 0 Å². The molecule has 0 bridgehead atoms. The average molecular weight is 318 g/mol. The van der Waals surface area contributed by atoms with Crippen molar-refractivity contribution >= 4 is 5.91 Å². The van der Waals surface area contributed by atoms with Gasteiger partial charge >= 0.3 is 0 Å². The van der Waals surface area contributed by atoms with Crippen LogP contribution in [0.1, 0.15) is 43.0 Å². The van der Waals surface area contributed by atoms with Crippen molar-refractivity contribution in [3.63, 3.8) is 0 Å². The number of carbonyl (C=O) groups excluding carboxylic acids is 1.